The Morgan fingerprint density at radius 1 is 0.697 bits per heavy atom. The average Bonchev–Trinajstić information content (AvgIpc) is 2.85. The van der Waals surface area contributed by atoms with Gasteiger partial charge in [0, 0.05) is 10.8 Å². The van der Waals surface area contributed by atoms with E-state index in [0.717, 1.165) is 23.3 Å². The topological polar surface area (TPSA) is 27.7 Å². The first-order valence-electron chi connectivity index (χ1n) is 11.8. The number of benzene rings is 5. The second-order valence-corrected chi connectivity index (χ2v) is 8.70. The second-order valence-electron chi connectivity index (χ2n) is 8.70. The minimum atomic E-state index is -0.343. The van der Waals surface area contributed by atoms with Gasteiger partial charge < -0.3 is 14.2 Å². The summed E-state index contributed by atoms with van der Waals surface area (Å²) in [6.45, 7) is 7.27. The smallest absolute Gasteiger partial charge is 0.197 e. The molecule has 2 atom stereocenters. The zero-order valence-electron chi connectivity index (χ0n) is 19.5. The molecule has 168 valence electrons. The molecule has 0 heterocycles. The van der Waals surface area contributed by atoms with Crippen molar-refractivity contribution in [3.8, 4) is 11.5 Å². The number of hydrogen-bond acceptors (Lipinski definition) is 3. The Morgan fingerprint density at radius 2 is 1.36 bits per heavy atom. The minimum Gasteiger partial charge on any atom is -0.491 e. The molecule has 0 radical (unpaired) electrons. The maximum Gasteiger partial charge on any atom is 0.197 e. The third-order valence-corrected chi connectivity index (χ3v) is 6.55. The molecule has 2 unspecified atom stereocenters. The predicted octanol–water partition coefficient (Wildman–Crippen LogP) is 7.92. The van der Waals surface area contributed by atoms with Crippen molar-refractivity contribution in [1.29, 1.82) is 0 Å². The zero-order valence-corrected chi connectivity index (χ0v) is 19.5. The van der Waals surface area contributed by atoms with Crippen LogP contribution in [0.25, 0.3) is 32.3 Å². The van der Waals surface area contributed by atoms with Gasteiger partial charge in [-0.2, -0.15) is 0 Å². The molecule has 3 nitrogen and oxygen atoms in total. The fraction of sp³-hybridized carbons (Fsp3) is 0.267. The number of ether oxygens (including phenoxy) is 3. The Hall–Kier alpha value is -3.30. The Bertz CT molecular complexity index is 1340. The first kappa shape index (κ1) is 21.5. The fourth-order valence-electron chi connectivity index (χ4n) is 4.54. The Labute approximate surface area is 195 Å². The highest BCUT2D eigenvalue weighted by Gasteiger charge is 2.12. The first-order valence-corrected chi connectivity index (χ1v) is 11.8. The van der Waals surface area contributed by atoms with Gasteiger partial charge in [-0.05, 0) is 70.6 Å². The highest BCUT2D eigenvalue weighted by Crippen LogP contribution is 2.38. The second kappa shape index (κ2) is 9.29. The zero-order chi connectivity index (χ0) is 22.8. The molecule has 0 aliphatic rings. The molecule has 5 aromatic rings. The fourth-order valence-corrected chi connectivity index (χ4v) is 4.54. The molecule has 0 amide bonds. The van der Waals surface area contributed by atoms with Gasteiger partial charge in [0.15, 0.2) is 6.29 Å². The van der Waals surface area contributed by atoms with E-state index in [0.29, 0.717) is 19.1 Å². The molecule has 0 aliphatic carbocycles. The van der Waals surface area contributed by atoms with Gasteiger partial charge in [-0.1, -0.05) is 68.4 Å². The Morgan fingerprint density at radius 3 is 2.09 bits per heavy atom. The minimum absolute atomic E-state index is 0.343. The summed E-state index contributed by atoms with van der Waals surface area (Å²) in [7, 11) is 0. The maximum atomic E-state index is 6.14. The van der Waals surface area contributed by atoms with Crippen molar-refractivity contribution in [2.75, 3.05) is 13.2 Å². The highest BCUT2D eigenvalue weighted by molar-refractivity contribution is 6.24. The van der Waals surface area contributed by atoms with E-state index in [1.54, 1.807) is 0 Å². The molecule has 0 saturated carbocycles. The molecule has 0 bridgehead atoms. The third kappa shape index (κ3) is 4.34. The van der Waals surface area contributed by atoms with Crippen LogP contribution in [0.3, 0.4) is 0 Å². The van der Waals surface area contributed by atoms with E-state index < -0.39 is 0 Å². The molecule has 5 aromatic carbocycles. The van der Waals surface area contributed by atoms with Gasteiger partial charge in [-0.25, -0.2) is 0 Å². The van der Waals surface area contributed by atoms with Crippen molar-refractivity contribution in [3.63, 3.8) is 0 Å². The standard InChI is InChI=1S/C30H30O3/c1-4-20(2)22-10-14-26(15-11-22)33-21(3)31-18-19-32-28-17-13-25-9-8-23-6-5-7-24-12-16-27(28)30(25)29(23)24/h5-17,20-21H,4,18-19H2,1-3H3. The van der Waals surface area contributed by atoms with Crippen LogP contribution in [-0.4, -0.2) is 19.5 Å². The molecule has 0 N–H and O–H groups in total. The van der Waals surface area contributed by atoms with E-state index in [4.69, 9.17) is 14.2 Å². The lowest BCUT2D eigenvalue weighted by Crippen LogP contribution is -2.20. The molecule has 3 heteroatoms. The van der Waals surface area contributed by atoms with Crippen LogP contribution in [0.5, 0.6) is 11.5 Å². The highest BCUT2D eigenvalue weighted by atomic mass is 16.7. The molecular formula is C30H30O3. The van der Waals surface area contributed by atoms with Gasteiger partial charge in [0.2, 0.25) is 0 Å². The summed E-state index contributed by atoms with van der Waals surface area (Å²) < 4.78 is 17.9. The van der Waals surface area contributed by atoms with Crippen molar-refractivity contribution in [2.45, 2.75) is 39.4 Å². The van der Waals surface area contributed by atoms with E-state index in [2.05, 4.69) is 80.6 Å². The van der Waals surface area contributed by atoms with E-state index in [-0.39, 0.29) is 6.29 Å². The predicted molar refractivity (Wildman–Crippen MR) is 137 cm³/mol. The largest absolute Gasteiger partial charge is 0.491 e. The van der Waals surface area contributed by atoms with Crippen molar-refractivity contribution >= 4 is 32.3 Å². The lowest BCUT2D eigenvalue weighted by Gasteiger charge is -2.17. The Kier molecular flexibility index (Phi) is 6.06. The third-order valence-electron chi connectivity index (χ3n) is 6.55. The van der Waals surface area contributed by atoms with Gasteiger partial charge >= 0.3 is 0 Å². The lowest BCUT2D eigenvalue weighted by molar-refractivity contribution is -0.0738. The van der Waals surface area contributed by atoms with Crippen molar-refractivity contribution in [1.82, 2.24) is 0 Å². The van der Waals surface area contributed by atoms with Crippen LogP contribution < -0.4 is 9.47 Å². The van der Waals surface area contributed by atoms with Gasteiger partial charge in [-0.15, -0.1) is 0 Å². The van der Waals surface area contributed by atoms with Crippen LogP contribution >= 0.6 is 0 Å². The van der Waals surface area contributed by atoms with Crippen molar-refractivity contribution in [3.05, 3.63) is 84.4 Å². The van der Waals surface area contributed by atoms with Crippen molar-refractivity contribution < 1.29 is 14.2 Å². The normalized spacial score (nSPS) is 13.5. The monoisotopic (exact) mass is 438 g/mol. The molecular weight excluding hydrogens is 408 g/mol. The molecule has 33 heavy (non-hydrogen) atoms. The van der Waals surface area contributed by atoms with Crippen LogP contribution in [0.4, 0.5) is 0 Å². The number of hydrogen-bond donors (Lipinski definition) is 0. The average molecular weight is 439 g/mol. The SMILES string of the molecule is CCC(C)c1ccc(OC(C)OCCOc2ccc3ccc4cccc5ccc2c3c45)cc1. The molecule has 0 saturated heterocycles. The van der Waals surface area contributed by atoms with Gasteiger partial charge in [0.05, 0.1) is 6.61 Å². The van der Waals surface area contributed by atoms with Crippen LogP contribution in [0, 0.1) is 0 Å². The van der Waals surface area contributed by atoms with Crippen LogP contribution in [0.1, 0.15) is 38.7 Å². The quantitative estimate of drug-likeness (QED) is 0.133. The number of rotatable bonds is 9. The van der Waals surface area contributed by atoms with E-state index in [1.807, 2.05) is 19.1 Å². The summed E-state index contributed by atoms with van der Waals surface area (Å²) in [6, 6.07) is 27.7. The molecule has 0 fully saturated rings. The van der Waals surface area contributed by atoms with E-state index in [9.17, 15) is 0 Å². The van der Waals surface area contributed by atoms with Crippen molar-refractivity contribution in [2.24, 2.45) is 0 Å². The van der Waals surface area contributed by atoms with E-state index in [1.165, 1.54) is 32.5 Å². The van der Waals surface area contributed by atoms with Crippen LogP contribution in [-0.2, 0) is 4.74 Å². The maximum absolute atomic E-state index is 6.14. The van der Waals surface area contributed by atoms with Gasteiger partial charge in [-0.3, -0.25) is 0 Å². The molecule has 0 spiro atoms. The lowest BCUT2D eigenvalue weighted by atomic mass is 9.94. The van der Waals surface area contributed by atoms with Crippen LogP contribution in [0.15, 0.2) is 78.9 Å². The van der Waals surface area contributed by atoms with Crippen LogP contribution in [0.2, 0.25) is 0 Å². The molecule has 5 rings (SSSR count). The summed E-state index contributed by atoms with van der Waals surface area (Å²) in [4.78, 5) is 0. The Balaban J connectivity index is 1.22. The first-order chi connectivity index (χ1) is 16.1. The van der Waals surface area contributed by atoms with Gasteiger partial charge in [0.1, 0.15) is 18.1 Å². The summed E-state index contributed by atoms with van der Waals surface area (Å²) in [6.07, 6.45) is 0.788. The summed E-state index contributed by atoms with van der Waals surface area (Å²) in [5.41, 5.74) is 1.33. The summed E-state index contributed by atoms with van der Waals surface area (Å²) in [5, 5.41) is 7.46. The molecule has 0 aliphatic heterocycles. The summed E-state index contributed by atoms with van der Waals surface area (Å²) in [5.74, 6) is 2.27. The van der Waals surface area contributed by atoms with Gasteiger partial charge in [0.25, 0.3) is 0 Å². The molecule has 0 aromatic heterocycles. The summed E-state index contributed by atoms with van der Waals surface area (Å²) >= 11 is 0. The van der Waals surface area contributed by atoms with E-state index >= 15 is 0 Å².